The van der Waals surface area contributed by atoms with Crippen molar-refractivity contribution in [1.82, 2.24) is 5.32 Å². The van der Waals surface area contributed by atoms with Crippen LogP contribution in [0.4, 0.5) is 0 Å². The second kappa shape index (κ2) is 4.18. The molecule has 15 heavy (non-hydrogen) atoms. The van der Waals surface area contributed by atoms with Crippen LogP contribution in [0, 0.1) is 11.8 Å². The SMILES string of the molecule is CC(C)(CCO)NC(=O)C1CC1C(=O)O. The number of carbonyl (C=O) groups excluding carboxylic acids is 1. The fourth-order valence-corrected chi connectivity index (χ4v) is 1.53. The fourth-order valence-electron chi connectivity index (χ4n) is 1.53. The van der Waals surface area contributed by atoms with Crippen molar-refractivity contribution in [3.05, 3.63) is 0 Å². The highest BCUT2D eigenvalue weighted by Gasteiger charge is 2.49. The number of amides is 1. The summed E-state index contributed by atoms with van der Waals surface area (Å²) in [5, 5.41) is 20.2. The maximum absolute atomic E-state index is 11.6. The van der Waals surface area contributed by atoms with Crippen molar-refractivity contribution in [2.24, 2.45) is 11.8 Å². The van der Waals surface area contributed by atoms with Crippen LogP contribution in [0.5, 0.6) is 0 Å². The van der Waals surface area contributed by atoms with Gasteiger partial charge in [0.15, 0.2) is 0 Å². The van der Waals surface area contributed by atoms with E-state index in [0.29, 0.717) is 12.8 Å². The summed E-state index contributed by atoms with van der Waals surface area (Å²) in [5.74, 6) is -2.04. The number of carboxylic acids is 1. The van der Waals surface area contributed by atoms with E-state index in [-0.39, 0.29) is 18.4 Å². The second-order valence-electron chi connectivity index (χ2n) is 4.63. The molecular formula is C10H17NO4. The van der Waals surface area contributed by atoms with Gasteiger partial charge >= 0.3 is 5.97 Å². The van der Waals surface area contributed by atoms with Crippen LogP contribution in [0.2, 0.25) is 0 Å². The molecule has 86 valence electrons. The van der Waals surface area contributed by atoms with Gasteiger partial charge in [0.1, 0.15) is 0 Å². The number of hydrogen-bond donors (Lipinski definition) is 3. The monoisotopic (exact) mass is 215 g/mol. The summed E-state index contributed by atoms with van der Waals surface area (Å²) in [7, 11) is 0. The van der Waals surface area contributed by atoms with Crippen molar-refractivity contribution in [2.45, 2.75) is 32.2 Å². The van der Waals surface area contributed by atoms with E-state index in [4.69, 9.17) is 10.2 Å². The number of aliphatic hydroxyl groups excluding tert-OH is 1. The lowest BCUT2D eigenvalue weighted by atomic mass is 10.0. The highest BCUT2D eigenvalue weighted by atomic mass is 16.4. The van der Waals surface area contributed by atoms with Gasteiger partial charge in [-0.05, 0) is 26.7 Å². The van der Waals surface area contributed by atoms with E-state index in [1.54, 1.807) is 13.8 Å². The van der Waals surface area contributed by atoms with Crippen LogP contribution in [-0.4, -0.2) is 34.2 Å². The summed E-state index contributed by atoms with van der Waals surface area (Å²) in [6, 6.07) is 0. The number of aliphatic hydroxyl groups is 1. The van der Waals surface area contributed by atoms with Crippen LogP contribution < -0.4 is 5.32 Å². The summed E-state index contributed by atoms with van der Waals surface area (Å²) >= 11 is 0. The molecule has 5 heteroatoms. The molecular weight excluding hydrogens is 198 g/mol. The van der Waals surface area contributed by atoms with Crippen molar-refractivity contribution < 1.29 is 19.8 Å². The first-order valence-electron chi connectivity index (χ1n) is 5.03. The van der Waals surface area contributed by atoms with Crippen molar-refractivity contribution in [1.29, 1.82) is 0 Å². The average molecular weight is 215 g/mol. The lowest BCUT2D eigenvalue weighted by Gasteiger charge is -2.25. The molecule has 0 radical (unpaired) electrons. The van der Waals surface area contributed by atoms with Gasteiger partial charge in [0, 0.05) is 12.1 Å². The van der Waals surface area contributed by atoms with Gasteiger partial charge in [0.25, 0.3) is 0 Å². The molecule has 1 saturated carbocycles. The first-order valence-corrected chi connectivity index (χ1v) is 5.03. The number of carbonyl (C=O) groups is 2. The van der Waals surface area contributed by atoms with Crippen LogP contribution in [0.3, 0.4) is 0 Å². The molecule has 2 unspecified atom stereocenters. The predicted molar refractivity (Wildman–Crippen MR) is 53.2 cm³/mol. The standard InChI is InChI=1S/C10H17NO4/c1-10(2,3-4-12)11-8(13)6-5-7(6)9(14)15/h6-7,12H,3-5H2,1-2H3,(H,11,13)(H,14,15). The number of carboxylic acid groups (broad SMARTS) is 1. The minimum absolute atomic E-state index is 0.000303. The molecule has 0 aromatic rings. The molecule has 0 aliphatic heterocycles. The molecule has 2 atom stereocenters. The lowest BCUT2D eigenvalue weighted by molar-refractivity contribution is -0.140. The zero-order valence-corrected chi connectivity index (χ0v) is 8.99. The molecule has 3 N–H and O–H groups in total. The smallest absolute Gasteiger partial charge is 0.307 e. The first kappa shape index (κ1) is 12.0. The molecule has 1 rings (SSSR count). The third kappa shape index (κ3) is 3.20. The lowest BCUT2D eigenvalue weighted by Crippen LogP contribution is -2.45. The van der Waals surface area contributed by atoms with Gasteiger partial charge in [-0.2, -0.15) is 0 Å². The first-order chi connectivity index (χ1) is 6.87. The zero-order valence-electron chi connectivity index (χ0n) is 8.99. The average Bonchev–Trinajstić information content (AvgIpc) is 2.80. The Morgan fingerprint density at radius 1 is 1.40 bits per heavy atom. The van der Waals surface area contributed by atoms with Crippen LogP contribution in [-0.2, 0) is 9.59 Å². The second-order valence-corrected chi connectivity index (χ2v) is 4.63. The van der Waals surface area contributed by atoms with Gasteiger partial charge in [-0.1, -0.05) is 0 Å². The molecule has 5 nitrogen and oxygen atoms in total. The molecule has 0 aromatic carbocycles. The van der Waals surface area contributed by atoms with E-state index < -0.39 is 17.4 Å². The number of nitrogens with one attached hydrogen (secondary N) is 1. The minimum atomic E-state index is -0.907. The number of aliphatic carboxylic acids is 1. The predicted octanol–water partition coefficient (Wildman–Crippen LogP) is -0.0157. The van der Waals surface area contributed by atoms with Crippen LogP contribution in [0.25, 0.3) is 0 Å². The van der Waals surface area contributed by atoms with E-state index in [9.17, 15) is 9.59 Å². The van der Waals surface area contributed by atoms with Gasteiger partial charge < -0.3 is 15.5 Å². The Labute approximate surface area is 88.5 Å². The number of hydrogen-bond acceptors (Lipinski definition) is 3. The maximum Gasteiger partial charge on any atom is 0.307 e. The van der Waals surface area contributed by atoms with Gasteiger partial charge in [-0.15, -0.1) is 0 Å². The van der Waals surface area contributed by atoms with Crippen molar-refractivity contribution in [3.63, 3.8) is 0 Å². The molecule has 0 bridgehead atoms. The molecule has 1 amide bonds. The molecule has 0 spiro atoms. The van der Waals surface area contributed by atoms with Crippen LogP contribution in [0.15, 0.2) is 0 Å². The highest BCUT2D eigenvalue weighted by molar-refractivity contribution is 5.89. The van der Waals surface area contributed by atoms with Crippen LogP contribution >= 0.6 is 0 Å². The zero-order chi connectivity index (χ0) is 11.6. The van der Waals surface area contributed by atoms with Crippen molar-refractivity contribution >= 4 is 11.9 Å². The van der Waals surface area contributed by atoms with E-state index in [1.807, 2.05) is 0 Å². The Morgan fingerprint density at radius 2 is 2.00 bits per heavy atom. The van der Waals surface area contributed by atoms with E-state index in [1.165, 1.54) is 0 Å². The van der Waals surface area contributed by atoms with Gasteiger partial charge in [0.2, 0.25) is 5.91 Å². The molecule has 0 aromatic heterocycles. The third-order valence-corrected chi connectivity index (χ3v) is 2.64. The van der Waals surface area contributed by atoms with Crippen molar-refractivity contribution in [3.8, 4) is 0 Å². The Balaban J connectivity index is 2.41. The largest absolute Gasteiger partial charge is 0.481 e. The quantitative estimate of drug-likeness (QED) is 0.601. The summed E-state index contributed by atoms with van der Waals surface area (Å²) in [4.78, 5) is 22.1. The molecule has 1 fully saturated rings. The Kier molecular flexibility index (Phi) is 3.34. The molecule has 0 saturated heterocycles. The van der Waals surface area contributed by atoms with E-state index >= 15 is 0 Å². The summed E-state index contributed by atoms with van der Waals surface area (Å²) < 4.78 is 0. The molecule has 1 aliphatic carbocycles. The minimum Gasteiger partial charge on any atom is -0.481 e. The Bertz CT molecular complexity index is 275. The molecule has 0 heterocycles. The van der Waals surface area contributed by atoms with Crippen molar-refractivity contribution in [2.75, 3.05) is 6.61 Å². The van der Waals surface area contributed by atoms with E-state index in [0.717, 1.165) is 0 Å². The topological polar surface area (TPSA) is 86.6 Å². The van der Waals surface area contributed by atoms with Gasteiger partial charge in [-0.25, -0.2) is 0 Å². The maximum atomic E-state index is 11.6. The van der Waals surface area contributed by atoms with E-state index in [2.05, 4.69) is 5.32 Å². The summed E-state index contributed by atoms with van der Waals surface area (Å²) in [6.45, 7) is 3.61. The van der Waals surface area contributed by atoms with Crippen LogP contribution in [0.1, 0.15) is 26.7 Å². The normalized spacial score (nSPS) is 24.7. The van der Waals surface area contributed by atoms with Gasteiger partial charge in [0.05, 0.1) is 11.8 Å². The fraction of sp³-hybridized carbons (Fsp3) is 0.800. The summed E-state index contributed by atoms with van der Waals surface area (Å²) in [6.07, 6.45) is 0.888. The highest BCUT2D eigenvalue weighted by Crippen LogP contribution is 2.39. The van der Waals surface area contributed by atoms with Gasteiger partial charge in [-0.3, -0.25) is 9.59 Å². The third-order valence-electron chi connectivity index (χ3n) is 2.64. The summed E-state index contributed by atoms with van der Waals surface area (Å²) in [5.41, 5.74) is -0.475. The number of rotatable bonds is 5. The Hall–Kier alpha value is -1.10. The molecule has 1 aliphatic rings. The Morgan fingerprint density at radius 3 is 2.40 bits per heavy atom.